The molecule has 2 aliphatic carbocycles. The van der Waals surface area contributed by atoms with Crippen LogP contribution in [0, 0.1) is 29.6 Å². The number of H-pyrrole nitrogens is 1. The van der Waals surface area contributed by atoms with Crippen molar-refractivity contribution < 1.29 is 19.5 Å². The topological polar surface area (TPSA) is 108 Å². The van der Waals surface area contributed by atoms with Crippen LogP contribution < -0.4 is 4.87 Å². The molecular weight excluding hydrogens is 436 g/mol. The van der Waals surface area contributed by atoms with Crippen LogP contribution in [0.2, 0.25) is 0 Å². The van der Waals surface area contributed by atoms with E-state index in [4.69, 9.17) is 0 Å². The fraction of sp³-hybridized carbons (Fsp3) is 0.455. The van der Waals surface area contributed by atoms with Crippen molar-refractivity contribution in [2.24, 2.45) is 29.6 Å². The molecule has 31 heavy (non-hydrogen) atoms. The molecule has 3 fully saturated rings. The van der Waals surface area contributed by atoms with Crippen LogP contribution in [0.3, 0.4) is 0 Å². The Hall–Kier alpha value is -2.39. The minimum absolute atomic E-state index is 0.00352. The second-order valence-corrected chi connectivity index (χ2v) is 11.1. The van der Waals surface area contributed by atoms with Crippen LogP contribution in [0.1, 0.15) is 29.7 Å². The average Bonchev–Trinajstić information content (AvgIpc) is 3.47. The molecule has 6 rings (SSSR count). The molecule has 9 heteroatoms. The predicted octanol–water partition coefficient (Wildman–Crippen LogP) is 2.38. The van der Waals surface area contributed by atoms with E-state index in [0.29, 0.717) is 0 Å². The van der Waals surface area contributed by atoms with Crippen molar-refractivity contribution in [3.05, 3.63) is 50.4 Å². The summed E-state index contributed by atoms with van der Waals surface area (Å²) in [7, 11) is 0. The predicted molar refractivity (Wildman–Crippen MR) is 114 cm³/mol. The third kappa shape index (κ3) is 2.47. The molecule has 2 aromatic rings. The molecule has 2 bridgehead atoms. The number of likely N-dealkylation sites (tertiary alicyclic amines) is 1. The maximum absolute atomic E-state index is 13.3. The zero-order valence-corrected chi connectivity index (χ0v) is 18.2. The molecule has 3 heterocycles. The molecule has 0 unspecified atom stereocenters. The summed E-state index contributed by atoms with van der Waals surface area (Å²) in [6.45, 7) is 1.40. The second kappa shape index (κ2) is 6.56. The standard InChI is InChI=1S/C22H20N2O5S2/c1-8(21(27)28)24-19(25)14-10-7-11(15(14)20(24)26)16-13(10)12(9-5-3-2-4-6-9)17-18(30-16)23-22(29)31-17/h2-6,8,10-16H,7H2,1H3,(H,23,29)(H,27,28)/t8-,10-,11-,12-,13-,14+,15-,16+/m1/s1. The highest BCUT2D eigenvalue weighted by Crippen LogP contribution is 2.68. The number of imide groups is 1. The van der Waals surface area contributed by atoms with Gasteiger partial charge < -0.3 is 10.1 Å². The fourth-order valence-corrected chi connectivity index (χ4v) is 9.45. The largest absolute Gasteiger partial charge is 0.480 e. The van der Waals surface area contributed by atoms with Gasteiger partial charge in [-0.15, -0.1) is 11.8 Å². The Kier molecular flexibility index (Phi) is 4.08. The zero-order valence-electron chi connectivity index (χ0n) is 16.6. The van der Waals surface area contributed by atoms with Gasteiger partial charge >= 0.3 is 10.8 Å². The van der Waals surface area contributed by atoms with Gasteiger partial charge in [0.1, 0.15) is 6.04 Å². The molecule has 160 valence electrons. The maximum atomic E-state index is 13.3. The molecule has 2 saturated carbocycles. The van der Waals surface area contributed by atoms with Crippen molar-refractivity contribution in [1.82, 2.24) is 9.88 Å². The molecule has 0 spiro atoms. The summed E-state index contributed by atoms with van der Waals surface area (Å²) in [5, 5.41) is 10.4. The van der Waals surface area contributed by atoms with E-state index in [1.165, 1.54) is 18.3 Å². The summed E-state index contributed by atoms with van der Waals surface area (Å²) in [5.41, 5.74) is 1.12. The first-order valence-electron chi connectivity index (χ1n) is 10.4. The number of fused-ring (bicyclic) bond motifs is 9. The monoisotopic (exact) mass is 456 g/mol. The summed E-state index contributed by atoms with van der Waals surface area (Å²) in [5.74, 6) is -2.59. The quantitative estimate of drug-likeness (QED) is 0.687. The number of aromatic amines is 1. The summed E-state index contributed by atoms with van der Waals surface area (Å²) in [6.07, 6.45) is 0.799. The van der Waals surface area contributed by atoms with Crippen LogP contribution >= 0.6 is 23.1 Å². The molecule has 1 aromatic carbocycles. The Morgan fingerprint density at radius 2 is 1.81 bits per heavy atom. The molecule has 1 aromatic heterocycles. The maximum Gasteiger partial charge on any atom is 0.326 e. The van der Waals surface area contributed by atoms with Crippen LogP contribution in [0.25, 0.3) is 0 Å². The van der Waals surface area contributed by atoms with E-state index in [0.717, 1.165) is 26.8 Å². The number of carboxylic acids is 1. The van der Waals surface area contributed by atoms with Gasteiger partial charge in [0.2, 0.25) is 11.8 Å². The number of benzene rings is 1. The van der Waals surface area contributed by atoms with Crippen molar-refractivity contribution in [2.75, 3.05) is 0 Å². The lowest BCUT2D eigenvalue weighted by Gasteiger charge is -2.43. The lowest BCUT2D eigenvalue weighted by atomic mass is 9.68. The van der Waals surface area contributed by atoms with Crippen LogP contribution in [0.5, 0.6) is 0 Å². The van der Waals surface area contributed by atoms with E-state index < -0.39 is 23.8 Å². The zero-order chi connectivity index (χ0) is 21.6. The first kappa shape index (κ1) is 19.3. The smallest absolute Gasteiger partial charge is 0.326 e. The van der Waals surface area contributed by atoms with Gasteiger partial charge in [0.15, 0.2) is 0 Å². The number of thiazole rings is 1. The fourth-order valence-electron chi connectivity index (χ4n) is 6.57. The van der Waals surface area contributed by atoms with E-state index >= 15 is 0 Å². The van der Waals surface area contributed by atoms with Crippen molar-refractivity contribution in [1.29, 1.82) is 0 Å². The van der Waals surface area contributed by atoms with Gasteiger partial charge in [-0.05, 0) is 36.7 Å². The molecular formula is C22H20N2O5S2. The third-order valence-corrected chi connectivity index (χ3v) is 10.2. The van der Waals surface area contributed by atoms with Crippen molar-refractivity contribution in [2.45, 2.75) is 35.6 Å². The van der Waals surface area contributed by atoms with Gasteiger partial charge in [-0.2, -0.15) is 0 Å². The Balaban J connectivity index is 1.46. The van der Waals surface area contributed by atoms with E-state index in [2.05, 4.69) is 17.1 Å². The average molecular weight is 457 g/mol. The summed E-state index contributed by atoms with van der Waals surface area (Å²) in [4.78, 5) is 55.1. The van der Waals surface area contributed by atoms with Crippen molar-refractivity contribution >= 4 is 40.9 Å². The normalized spacial score (nSPS) is 36.3. The summed E-state index contributed by atoms with van der Waals surface area (Å²) in [6, 6.07) is 8.91. The van der Waals surface area contributed by atoms with Gasteiger partial charge in [-0.3, -0.25) is 19.3 Å². The second-order valence-electron chi connectivity index (χ2n) is 8.93. The van der Waals surface area contributed by atoms with Crippen LogP contribution in [0.4, 0.5) is 0 Å². The SMILES string of the molecule is C[C@H](C(=O)O)N1C(=O)[C@@H]2[C@H]3C[C@@H]([C@@H]2C1=O)[C@@H]1[C@@H](c2ccccc2)c2sc(=O)[nH]c2S[C@@H]31. The van der Waals surface area contributed by atoms with E-state index in [1.807, 2.05) is 18.2 Å². The highest BCUT2D eigenvalue weighted by molar-refractivity contribution is 8.00. The number of nitrogens with one attached hydrogen (secondary N) is 1. The number of carbonyl (C=O) groups is 3. The highest BCUT2D eigenvalue weighted by atomic mass is 32.2. The van der Waals surface area contributed by atoms with Gasteiger partial charge in [-0.1, -0.05) is 41.7 Å². The Labute approximate surface area is 185 Å². The number of rotatable bonds is 3. The number of aromatic nitrogens is 1. The van der Waals surface area contributed by atoms with Gasteiger partial charge in [0, 0.05) is 16.0 Å². The van der Waals surface area contributed by atoms with Crippen molar-refractivity contribution in [3.63, 3.8) is 0 Å². The lowest BCUT2D eigenvalue weighted by molar-refractivity contribution is -0.154. The van der Waals surface area contributed by atoms with E-state index in [-0.39, 0.29) is 45.6 Å². The summed E-state index contributed by atoms with van der Waals surface area (Å²) >= 11 is 2.87. The molecule has 4 aliphatic rings. The number of aliphatic carboxylic acids is 1. The molecule has 2 aliphatic heterocycles. The van der Waals surface area contributed by atoms with Gasteiger partial charge in [0.25, 0.3) is 0 Å². The number of nitrogens with zero attached hydrogens (tertiary/aromatic N) is 1. The van der Waals surface area contributed by atoms with Crippen LogP contribution in [0.15, 0.2) is 40.2 Å². The number of thioether (sulfide) groups is 1. The molecule has 2 N–H and O–H groups in total. The van der Waals surface area contributed by atoms with Crippen LogP contribution in [-0.4, -0.2) is 44.1 Å². The Bertz CT molecular complexity index is 1170. The van der Waals surface area contributed by atoms with Crippen LogP contribution in [-0.2, 0) is 14.4 Å². The minimum Gasteiger partial charge on any atom is -0.480 e. The first-order valence-corrected chi connectivity index (χ1v) is 12.1. The number of carboxylic acid groups (broad SMARTS) is 1. The highest BCUT2D eigenvalue weighted by Gasteiger charge is 2.70. The molecule has 2 amide bonds. The molecule has 7 nitrogen and oxygen atoms in total. The molecule has 0 radical (unpaired) electrons. The lowest BCUT2D eigenvalue weighted by Crippen LogP contribution is -2.44. The van der Waals surface area contributed by atoms with Gasteiger partial charge in [0.05, 0.1) is 16.9 Å². The number of hydrogen-bond acceptors (Lipinski definition) is 6. The number of hydrogen-bond donors (Lipinski definition) is 2. The van der Waals surface area contributed by atoms with Crippen molar-refractivity contribution in [3.8, 4) is 0 Å². The third-order valence-electron chi connectivity index (χ3n) is 7.66. The molecule has 1 saturated heterocycles. The number of carbonyl (C=O) groups excluding carboxylic acids is 2. The summed E-state index contributed by atoms with van der Waals surface area (Å²) < 4.78 is 0. The molecule has 8 atom stereocenters. The Morgan fingerprint density at radius 1 is 1.13 bits per heavy atom. The van der Waals surface area contributed by atoms with E-state index in [9.17, 15) is 24.3 Å². The Morgan fingerprint density at radius 3 is 2.48 bits per heavy atom. The number of amides is 2. The van der Waals surface area contributed by atoms with E-state index in [1.54, 1.807) is 11.8 Å². The minimum atomic E-state index is -1.16. The van der Waals surface area contributed by atoms with Gasteiger partial charge in [-0.25, -0.2) is 4.79 Å². The first-order chi connectivity index (χ1) is 14.9.